The highest BCUT2D eigenvalue weighted by Crippen LogP contribution is 2.39. The second-order valence-corrected chi connectivity index (χ2v) is 12.7. The van der Waals surface area contributed by atoms with Gasteiger partial charge in [-0.05, 0) is 37.3 Å². The molecule has 2 heterocycles. The van der Waals surface area contributed by atoms with Crippen LogP contribution in [-0.4, -0.2) is 42.4 Å². The highest BCUT2D eigenvalue weighted by molar-refractivity contribution is 8.01. The minimum atomic E-state index is -3.97. The molecule has 3 aromatic rings. The summed E-state index contributed by atoms with van der Waals surface area (Å²) in [5.74, 6) is -0.272. The van der Waals surface area contributed by atoms with Gasteiger partial charge in [-0.25, -0.2) is 8.42 Å². The molecule has 1 N–H and O–H groups in total. The number of hydrogen-bond donors (Lipinski definition) is 1. The summed E-state index contributed by atoms with van der Waals surface area (Å²) in [6, 6.07) is 11.2. The molecule has 0 bridgehead atoms. The number of amides is 1. The maximum Gasteiger partial charge on any atom is 0.269 e. The first kappa shape index (κ1) is 23.8. The second kappa shape index (κ2) is 9.49. The van der Waals surface area contributed by atoms with Crippen LogP contribution in [0.4, 0.5) is 10.8 Å². The number of sulfonamides is 1. The number of rotatable bonds is 6. The van der Waals surface area contributed by atoms with Gasteiger partial charge in [0.2, 0.25) is 5.13 Å². The Labute approximate surface area is 205 Å². The van der Waals surface area contributed by atoms with Crippen LogP contribution in [0.5, 0.6) is 5.75 Å². The SMILES string of the molecule is Cc1ccc(S(=O)(=O)N2CC(C(=O)Nc3nnc(SC(C)C)s3)Oc3ccc(Cl)cc32)cc1. The van der Waals surface area contributed by atoms with E-state index in [2.05, 4.69) is 15.5 Å². The van der Waals surface area contributed by atoms with Crippen molar-refractivity contribution in [2.45, 2.75) is 41.4 Å². The number of benzene rings is 2. The topological polar surface area (TPSA) is 101 Å². The lowest BCUT2D eigenvalue weighted by atomic mass is 10.2. The van der Waals surface area contributed by atoms with Crippen molar-refractivity contribution in [1.82, 2.24) is 10.2 Å². The van der Waals surface area contributed by atoms with Crippen molar-refractivity contribution >= 4 is 61.4 Å². The van der Waals surface area contributed by atoms with Crippen LogP contribution in [0.25, 0.3) is 0 Å². The van der Waals surface area contributed by atoms with E-state index in [9.17, 15) is 13.2 Å². The van der Waals surface area contributed by atoms with E-state index in [1.165, 1.54) is 41.3 Å². The van der Waals surface area contributed by atoms with Crippen molar-refractivity contribution in [2.24, 2.45) is 0 Å². The van der Waals surface area contributed by atoms with E-state index in [-0.39, 0.29) is 22.9 Å². The molecule has 2 aromatic carbocycles. The normalized spacial score (nSPS) is 15.8. The van der Waals surface area contributed by atoms with Crippen molar-refractivity contribution in [3.63, 3.8) is 0 Å². The number of aryl methyl sites for hydroxylation is 1. The van der Waals surface area contributed by atoms with E-state index >= 15 is 0 Å². The average Bonchev–Trinajstić information content (AvgIpc) is 3.19. The van der Waals surface area contributed by atoms with Gasteiger partial charge >= 0.3 is 0 Å². The summed E-state index contributed by atoms with van der Waals surface area (Å²) >= 11 is 8.92. The fourth-order valence-electron chi connectivity index (χ4n) is 3.12. The van der Waals surface area contributed by atoms with E-state index < -0.39 is 22.0 Å². The molecule has 1 aromatic heterocycles. The van der Waals surface area contributed by atoms with Crippen molar-refractivity contribution < 1.29 is 17.9 Å². The number of fused-ring (bicyclic) bond motifs is 1. The Kier molecular flexibility index (Phi) is 6.85. The van der Waals surface area contributed by atoms with Crippen molar-refractivity contribution in [1.29, 1.82) is 0 Å². The number of anilines is 2. The Balaban J connectivity index is 1.63. The van der Waals surface area contributed by atoms with Crippen LogP contribution in [-0.2, 0) is 14.8 Å². The summed E-state index contributed by atoms with van der Waals surface area (Å²) < 4.78 is 34.7. The van der Waals surface area contributed by atoms with Gasteiger partial charge in [0.05, 0.1) is 17.1 Å². The van der Waals surface area contributed by atoms with Gasteiger partial charge in [0.1, 0.15) is 5.75 Å². The van der Waals surface area contributed by atoms with Gasteiger partial charge in [0.25, 0.3) is 15.9 Å². The smallest absolute Gasteiger partial charge is 0.269 e. The third-order valence-electron chi connectivity index (χ3n) is 4.67. The summed E-state index contributed by atoms with van der Waals surface area (Å²) in [5.41, 5.74) is 1.21. The minimum Gasteiger partial charge on any atom is -0.476 e. The van der Waals surface area contributed by atoms with Crippen molar-refractivity contribution in [3.8, 4) is 5.75 Å². The molecular weight excluding hydrogens is 504 g/mol. The number of halogens is 1. The zero-order chi connectivity index (χ0) is 23.8. The molecule has 12 heteroatoms. The number of carbonyl (C=O) groups excluding carboxylic acids is 1. The summed E-state index contributed by atoms with van der Waals surface area (Å²) in [6.45, 7) is 5.72. The molecule has 0 fully saturated rings. The third-order valence-corrected chi connectivity index (χ3v) is 8.62. The van der Waals surface area contributed by atoms with Crippen LogP contribution < -0.4 is 14.4 Å². The maximum atomic E-state index is 13.5. The van der Waals surface area contributed by atoms with E-state index in [0.29, 0.717) is 15.4 Å². The molecule has 174 valence electrons. The molecule has 8 nitrogen and oxygen atoms in total. The standard InChI is InChI=1S/C21H21ClN4O4S3/c1-12(2)31-21-25-24-20(32-21)23-19(27)18-11-26(16-10-14(22)6-9-17(16)30-18)33(28,29)15-7-4-13(3)5-8-15/h4-10,12,18H,11H2,1-3H3,(H,23,24,27). The van der Waals surface area contributed by atoms with E-state index in [1.54, 1.807) is 24.3 Å². The Hall–Kier alpha value is -2.34. The molecule has 0 radical (unpaired) electrons. The number of thioether (sulfide) groups is 1. The maximum absolute atomic E-state index is 13.5. The van der Waals surface area contributed by atoms with Crippen LogP contribution in [0.1, 0.15) is 19.4 Å². The number of hydrogen-bond acceptors (Lipinski definition) is 8. The van der Waals surface area contributed by atoms with Crippen LogP contribution in [0.2, 0.25) is 5.02 Å². The van der Waals surface area contributed by atoms with E-state index in [0.717, 1.165) is 14.2 Å². The Morgan fingerprint density at radius 3 is 2.67 bits per heavy atom. The molecule has 0 spiro atoms. The molecule has 1 atom stereocenters. The van der Waals surface area contributed by atoms with Gasteiger partial charge in [-0.2, -0.15) is 0 Å². The molecule has 1 amide bonds. The highest BCUT2D eigenvalue weighted by atomic mass is 35.5. The first-order valence-electron chi connectivity index (χ1n) is 10.00. The molecular formula is C21H21ClN4O4S3. The molecule has 1 aliphatic rings. The molecule has 1 aliphatic heterocycles. The van der Waals surface area contributed by atoms with Gasteiger partial charge in [-0.3, -0.25) is 14.4 Å². The molecule has 0 saturated carbocycles. The third kappa shape index (κ3) is 5.26. The van der Waals surface area contributed by atoms with Gasteiger partial charge < -0.3 is 4.74 Å². The first-order valence-corrected chi connectivity index (χ1v) is 13.5. The largest absolute Gasteiger partial charge is 0.476 e. The zero-order valence-electron chi connectivity index (χ0n) is 18.0. The van der Waals surface area contributed by atoms with Gasteiger partial charge in [0, 0.05) is 10.3 Å². The summed E-state index contributed by atoms with van der Waals surface area (Å²) in [7, 11) is -3.97. The summed E-state index contributed by atoms with van der Waals surface area (Å²) in [5, 5.41) is 11.7. The number of ether oxygens (including phenoxy) is 1. The number of carbonyl (C=O) groups is 1. The van der Waals surface area contributed by atoms with Gasteiger partial charge in [-0.15, -0.1) is 10.2 Å². The average molecular weight is 525 g/mol. The lowest BCUT2D eigenvalue weighted by molar-refractivity contribution is -0.122. The monoisotopic (exact) mass is 524 g/mol. The summed E-state index contributed by atoms with van der Waals surface area (Å²) in [6.07, 6.45) is -1.09. The predicted molar refractivity (Wildman–Crippen MR) is 131 cm³/mol. The quantitative estimate of drug-likeness (QED) is 0.371. The van der Waals surface area contributed by atoms with Crippen molar-refractivity contribution in [2.75, 3.05) is 16.2 Å². The Morgan fingerprint density at radius 2 is 1.97 bits per heavy atom. The number of nitrogens with zero attached hydrogens (tertiary/aromatic N) is 3. The minimum absolute atomic E-state index is 0.111. The summed E-state index contributed by atoms with van der Waals surface area (Å²) in [4.78, 5) is 13.1. The van der Waals surface area contributed by atoms with Gasteiger partial charge in [-0.1, -0.05) is 66.2 Å². The highest BCUT2D eigenvalue weighted by Gasteiger charge is 2.38. The van der Waals surface area contributed by atoms with Crippen LogP contribution in [0, 0.1) is 6.92 Å². The van der Waals surface area contributed by atoms with Gasteiger partial charge in [0.15, 0.2) is 10.4 Å². The number of nitrogens with one attached hydrogen (secondary N) is 1. The van der Waals surface area contributed by atoms with E-state index in [4.69, 9.17) is 16.3 Å². The molecule has 33 heavy (non-hydrogen) atoms. The molecule has 1 unspecified atom stereocenters. The predicted octanol–water partition coefficient (Wildman–Crippen LogP) is 4.60. The first-order chi connectivity index (χ1) is 15.6. The Morgan fingerprint density at radius 1 is 1.24 bits per heavy atom. The lowest BCUT2D eigenvalue weighted by Gasteiger charge is -2.34. The number of aromatic nitrogens is 2. The van der Waals surface area contributed by atoms with Crippen LogP contribution in [0.15, 0.2) is 51.7 Å². The Bertz CT molecular complexity index is 1280. The lowest BCUT2D eigenvalue weighted by Crippen LogP contribution is -2.48. The second-order valence-electron chi connectivity index (χ2n) is 7.60. The van der Waals surface area contributed by atoms with E-state index in [1.807, 2.05) is 20.8 Å². The fraction of sp³-hybridized carbons (Fsp3) is 0.286. The van der Waals surface area contributed by atoms with Crippen LogP contribution in [0.3, 0.4) is 0 Å². The van der Waals surface area contributed by atoms with Crippen molar-refractivity contribution in [3.05, 3.63) is 53.1 Å². The molecule has 4 rings (SSSR count). The van der Waals surface area contributed by atoms with Crippen LogP contribution >= 0.6 is 34.7 Å². The molecule has 0 aliphatic carbocycles. The zero-order valence-corrected chi connectivity index (χ0v) is 21.2. The molecule has 0 saturated heterocycles. The fourth-order valence-corrected chi connectivity index (χ4v) is 6.73.